The lowest BCUT2D eigenvalue weighted by atomic mass is 10.2. The maximum atomic E-state index is 5.85. The molecule has 0 saturated carbocycles. The van der Waals surface area contributed by atoms with Gasteiger partial charge in [0.05, 0.1) is 10.7 Å². The van der Waals surface area contributed by atoms with Crippen LogP contribution < -0.4 is 5.73 Å². The summed E-state index contributed by atoms with van der Waals surface area (Å²) in [5, 5.41) is 3.41. The zero-order chi connectivity index (χ0) is 11.3. The van der Waals surface area contributed by atoms with E-state index in [0.29, 0.717) is 12.0 Å². The van der Waals surface area contributed by atoms with E-state index in [1.165, 1.54) is 10.7 Å². The van der Waals surface area contributed by atoms with Crippen molar-refractivity contribution in [3.05, 3.63) is 16.1 Å². The highest BCUT2D eigenvalue weighted by molar-refractivity contribution is 7.98. The molecule has 0 aromatic carbocycles. The molecule has 1 aromatic heterocycles. The summed E-state index contributed by atoms with van der Waals surface area (Å²) < 4.78 is 0. The summed E-state index contributed by atoms with van der Waals surface area (Å²) in [6, 6.07) is 0.332. The number of nitrogens with zero attached hydrogens (tertiary/aromatic N) is 1. The van der Waals surface area contributed by atoms with Gasteiger partial charge in [0, 0.05) is 28.8 Å². The fourth-order valence-corrected chi connectivity index (χ4v) is 3.04. The lowest BCUT2D eigenvalue weighted by molar-refractivity contribution is 0.724. The van der Waals surface area contributed by atoms with Crippen LogP contribution in [0, 0.1) is 0 Å². The van der Waals surface area contributed by atoms with Gasteiger partial charge in [-0.25, -0.2) is 4.98 Å². The average Bonchev–Trinajstić information content (AvgIpc) is 2.66. The first-order chi connectivity index (χ1) is 7.13. The quantitative estimate of drug-likeness (QED) is 0.835. The summed E-state index contributed by atoms with van der Waals surface area (Å²) in [5.41, 5.74) is 7.06. The minimum Gasteiger partial charge on any atom is -0.327 e. The first-order valence-corrected chi connectivity index (χ1v) is 7.44. The monoisotopic (exact) mass is 244 g/mol. The fraction of sp³-hybridized carbons (Fsp3) is 0.727. The van der Waals surface area contributed by atoms with Crippen molar-refractivity contribution in [2.75, 3.05) is 5.75 Å². The Morgan fingerprint density at radius 3 is 2.80 bits per heavy atom. The molecule has 1 rings (SSSR count). The van der Waals surface area contributed by atoms with Gasteiger partial charge < -0.3 is 5.73 Å². The van der Waals surface area contributed by atoms with E-state index < -0.39 is 0 Å². The molecular formula is C11H20N2S2. The maximum absolute atomic E-state index is 5.85. The summed E-state index contributed by atoms with van der Waals surface area (Å²) >= 11 is 3.65. The molecule has 0 aliphatic carbocycles. The number of hydrogen-bond donors (Lipinski definition) is 1. The standard InChI is InChI=1S/C11H20N2S2/c1-4-9(12)5-14-6-10-7-15-11(13-10)8(2)3/h7-9H,4-6,12H2,1-3H3. The third-order valence-corrected chi connectivity index (χ3v) is 4.53. The van der Waals surface area contributed by atoms with Crippen LogP contribution in [0.1, 0.15) is 43.8 Å². The molecular weight excluding hydrogens is 224 g/mol. The number of rotatable bonds is 6. The average molecular weight is 244 g/mol. The van der Waals surface area contributed by atoms with E-state index in [1.807, 2.05) is 11.8 Å². The Bertz CT molecular complexity index is 284. The Balaban J connectivity index is 2.31. The van der Waals surface area contributed by atoms with Crippen molar-refractivity contribution in [3.63, 3.8) is 0 Å². The third kappa shape index (κ3) is 4.53. The molecule has 0 fully saturated rings. The molecule has 2 N–H and O–H groups in total. The highest BCUT2D eigenvalue weighted by Gasteiger charge is 2.06. The van der Waals surface area contributed by atoms with E-state index in [2.05, 4.69) is 31.1 Å². The van der Waals surface area contributed by atoms with E-state index in [-0.39, 0.29) is 0 Å². The molecule has 1 heterocycles. The number of aromatic nitrogens is 1. The molecule has 0 aliphatic heterocycles. The van der Waals surface area contributed by atoms with Gasteiger partial charge in [-0.15, -0.1) is 11.3 Å². The van der Waals surface area contributed by atoms with Crippen LogP contribution in [0.4, 0.5) is 0 Å². The van der Waals surface area contributed by atoms with Gasteiger partial charge in [-0.05, 0) is 6.42 Å². The normalized spacial score (nSPS) is 13.4. The Morgan fingerprint density at radius 1 is 1.53 bits per heavy atom. The van der Waals surface area contributed by atoms with Crippen molar-refractivity contribution in [2.24, 2.45) is 5.73 Å². The van der Waals surface area contributed by atoms with Gasteiger partial charge in [-0.3, -0.25) is 0 Å². The van der Waals surface area contributed by atoms with Gasteiger partial charge in [0.25, 0.3) is 0 Å². The third-order valence-electron chi connectivity index (χ3n) is 2.17. The van der Waals surface area contributed by atoms with Gasteiger partial charge >= 0.3 is 0 Å². The molecule has 15 heavy (non-hydrogen) atoms. The molecule has 0 radical (unpaired) electrons. The predicted molar refractivity (Wildman–Crippen MR) is 70.6 cm³/mol. The number of hydrogen-bond acceptors (Lipinski definition) is 4. The largest absolute Gasteiger partial charge is 0.327 e. The molecule has 1 unspecified atom stereocenters. The van der Waals surface area contributed by atoms with Crippen LogP contribution in [-0.2, 0) is 5.75 Å². The highest BCUT2D eigenvalue weighted by Crippen LogP contribution is 2.22. The van der Waals surface area contributed by atoms with Crippen molar-refractivity contribution < 1.29 is 0 Å². The van der Waals surface area contributed by atoms with Gasteiger partial charge in [0.15, 0.2) is 0 Å². The zero-order valence-corrected chi connectivity index (χ0v) is 11.3. The van der Waals surface area contributed by atoms with Crippen LogP contribution in [0.15, 0.2) is 5.38 Å². The molecule has 86 valence electrons. The van der Waals surface area contributed by atoms with Crippen molar-refractivity contribution in [1.82, 2.24) is 4.98 Å². The predicted octanol–water partition coefficient (Wildman–Crippen LogP) is 3.24. The molecule has 2 nitrogen and oxygen atoms in total. The fourth-order valence-electron chi connectivity index (χ4n) is 1.09. The van der Waals surface area contributed by atoms with Crippen LogP contribution in [0.5, 0.6) is 0 Å². The molecule has 1 aromatic rings. The lowest BCUT2D eigenvalue weighted by Gasteiger charge is -2.06. The van der Waals surface area contributed by atoms with Gasteiger partial charge in [0.1, 0.15) is 0 Å². The van der Waals surface area contributed by atoms with Crippen molar-refractivity contribution >= 4 is 23.1 Å². The lowest BCUT2D eigenvalue weighted by Crippen LogP contribution is -2.21. The topological polar surface area (TPSA) is 38.9 Å². The second-order valence-corrected chi connectivity index (χ2v) is 5.94. The minimum atomic E-state index is 0.332. The SMILES string of the molecule is CCC(N)CSCc1csc(C(C)C)n1. The first kappa shape index (κ1) is 13.0. The van der Waals surface area contributed by atoms with Gasteiger partial charge in [0.2, 0.25) is 0 Å². The maximum Gasteiger partial charge on any atom is 0.0954 e. The second-order valence-electron chi connectivity index (χ2n) is 4.02. The number of thioether (sulfide) groups is 1. The van der Waals surface area contributed by atoms with Gasteiger partial charge in [-0.1, -0.05) is 20.8 Å². The molecule has 0 bridgehead atoms. The van der Waals surface area contributed by atoms with E-state index >= 15 is 0 Å². The Morgan fingerprint density at radius 2 is 2.27 bits per heavy atom. The van der Waals surface area contributed by atoms with Crippen LogP contribution in [0.2, 0.25) is 0 Å². The first-order valence-electron chi connectivity index (χ1n) is 5.41. The van der Waals surface area contributed by atoms with Crippen LogP contribution >= 0.6 is 23.1 Å². The molecule has 0 spiro atoms. The zero-order valence-electron chi connectivity index (χ0n) is 9.69. The summed E-state index contributed by atoms with van der Waals surface area (Å²) in [7, 11) is 0. The minimum absolute atomic E-state index is 0.332. The van der Waals surface area contributed by atoms with E-state index in [4.69, 9.17) is 5.73 Å². The van der Waals surface area contributed by atoms with Crippen molar-refractivity contribution in [3.8, 4) is 0 Å². The summed E-state index contributed by atoms with van der Waals surface area (Å²) in [6.07, 6.45) is 1.06. The van der Waals surface area contributed by atoms with E-state index in [1.54, 1.807) is 11.3 Å². The van der Waals surface area contributed by atoms with Crippen molar-refractivity contribution in [1.29, 1.82) is 0 Å². The van der Waals surface area contributed by atoms with Crippen LogP contribution in [-0.4, -0.2) is 16.8 Å². The van der Waals surface area contributed by atoms with Crippen molar-refractivity contribution in [2.45, 2.75) is 44.9 Å². The molecule has 0 amide bonds. The Hall–Kier alpha value is -0.0600. The summed E-state index contributed by atoms with van der Waals surface area (Å²) in [5.74, 6) is 2.58. The Kier molecular flexibility index (Phi) is 5.64. The molecule has 0 saturated heterocycles. The second kappa shape index (κ2) is 6.51. The highest BCUT2D eigenvalue weighted by atomic mass is 32.2. The number of thiazole rings is 1. The molecule has 0 aliphatic rings. The molecule has 4 heteroatoms. The smallest absolute Gasteiger partial charge is 0.0954 e. The van der Waals surface area contributed by atoms with Gasteiger partial charge in [-0.2, -0.15) is 11.8 Å². The summed E-state index contributed by atoms with van der Waals surface area (Å²) in [4.78, 5) is 4.59. The van der Waals surface area contributed by atoms with E-state index in [0.717, 1.165) is 17.9 Å². The van der Waals surface area contributed by atoms with Crippen LogP contribution in [0.25, 0.3) is 0 Å². The van der Waals surface area contributed by atoms with Crippen LogP contribution in [0.3, 0.4) is 0 Å². The summed E-state index contributed by atoms with van der Waals surface area (Å²) in [6.45, 7) is 6.50. The molecule has 1 atom stereocenters. The Labute approximate surface area is 101 Å². The number of nitrogens with two attached hydrogens (primary N) is 1. The van der Waals surface area contributed by atoms with E-state index in [9.17, 15) is 0 Å².